The molecular formula is C13H14ClF3O3. The van der Waals surface area contributed by atoms with Crippen LogP contribution in [0, 0.1) is 0 Å². The molecule has 3 nitrogen and oxygen atoms in total. The summed E-state index contributed by atoms with van der Waals surface area (Å²) < 4.78 is 47.3. The Morgan fingerprint density at radius 2 is 1.65 bits per heavy atom. The number of carbonyl (C=O) groups excluding carboxylic acids is 1. The molecule has 1 aromatic rings. The van der Waals surface area contributed by atoms with Gasteiger partial charge in [-0.1, -0.05) is 11.6 Å². The van der Waals surface area contributed by atoms with Crippen LogP contribution in [-0.4, -0.2) is 25.2 Å². The fourth-order valence-corrected chi connectivity index (χ4v) is 1.82. The second-order valence-electron chi connectivity index (χ2n) is 3.86. The third kappa shape index (κ3) is 4.59. The number of benzene rings is 1. The van der Waals surface area contributed by atoms with Gasteiger partial charge >= 0.3 is 6.18 Å². The Morgan fingerprint density at radius 3 is 2.10 bits per heavy atom. The molecule has 0 N–H and O–H groups in total. The number of hydrogen-bond donors (Lipinski definition) is 0. The summed E-state index contributed by atoms with van der Waals surface area (Å²) >= 11 is 5.84. The number of rotatable bonds is 6. The summed E-state index contributed by atoms with van der Waals surface area (Å²) in [6.45, 7) is 4.08. The van der Waals surface area contributed by atoms with Crippen LogP contribution >= 0.6 is 11.6 Å². The van der Waals surface area contributed by atoms with Gasteiger partial charge in [-0.15, -0.1) is 0 Å². The molecule has 0 saturated carbocycles. The van der Waals surface area contributed by atoms with Crippen LogP contribution in [-0.2, 0) is 0 Å². The smallest absolute Gasteiger partial charge is 0.396 e. The molecule has 1 rings (SSSR count). The lowest BCUT2D eigenvalue weighted by atomic mass is 10.1. The molecule has 20 heavy (non-hydrogen) atoms. The highest BCUT2D eigenvalue weighted by Gasteiger charge is 2.32. The Labute approximate surface area is 119 Å². The molecule has 0 saturated heterocycles. The maximum absolute atomic E-state index is 12.3. The van der Waals surface area contributed by atoms with Gasteiger partial charge in [-0.3, -0.25) is 4.79 Å². The monoisotopic (exact) mass is 310 g/mol. The Bertz CT molecular complexity index is 486. The van der Waals surface area contributed by atoms with E-state index in [-0.39, 0.29) is 22.9 Å². The average Bonchev–Trinajstić information content (AvgIpc) is 2.30. The third-order valence-electron chi connectivity index (χ3n) is 2.29. The molecule has 0 atom stereocenters. The molecule has 0 spiro atoms. The SMILES string of the molecule is CCOc1cc(Cl)c(C(=O)CC(F)(F)F)cc1OCC. The summed E-state index contributed by atoms with van der Waals surface area (Å²) in [5.74, 6) is -0.612. The molecule has 0 aliphatic rings. The molecular weight excluding hydrogens is 297 g/mol. The second kappa shape index (κ2) is 6.83. The first-order chi connectivity index (χ1) is 9.28. The van der Waals surface area contributed by atoms with E-state index >= 15 is 0 Å². The van der Waals surface area contributed by atoms with Gasteiger partial charge < -0.3 is 9.47 Å². The summed E-state index contributed by atoms with van der Waals surface area (Å²) in [7, 11) is 0. The largest absolute Gasteiger partial charge is 0.490 e. The van der Waals surface area contributed by atoms with Gasteiger partial charge in [0.25, 0.3) is 0 Å². The van der Waals surface area contributed by atoms with Gasteiger partial charge in [-0.05, 0) is 19.9 Å². The molecule has 0 amide bonds. The van der Waals surface area contributed by atoms with Crippen molar-refractivity contribution in [2.45, 2.75) is 26.4 Å². The van der Waals surface area contributed by atoms with E-state index in [1.165, 1.54) is 12.1 Å². The molecule has 0 radical (unpaired) electrons. The zero-order valence-electron chi connectivity index (χ0n) is 11.0. The molecule has 0 unspecified atom stereocenters. The molecule has 0 heterocycles. The van der Waals surface area contributed by atoms with Crippen LogP contribution in [0.3, 0.4) is 0 Å². The van der Waals surface area contributed by atoms with Crippen LogP contribution in [0.2, 0.25) is 5.02 Å². The quantitative estimate of drug-likeness (QED) is 0.736. The molecule has 1 aromatic carbocycles. The number of alkyl halides is 3. The van der Waals surface area contributed by atoms with Crippen molar-refractivity contribution in [1.82, 2.24) is 0 Å². The predicted octanol–water partition coefficient (Wildman–Crippen LogP) is 4.27. The standard InChI is InChI=1S/C13H14ClF3O3/c1-3-19-11-5-8(10(18)7-13(15,16)17)9(14)6-12(11)20-4-2/h5-6H,3-4,7H2,1-2H3. The highest BCUT2D eigenvalue weighted by molar-refractivity contribution is 6.34. The van der Waals surface area contributed by atoms with Gasteiger partial charge in [0, 0.05) is 11.6 Å². The van der Waals surface area contributed by atoms with E-state index in [9.17, 15) is 18.0 Å². The van der Waals surface area contributed by atoms with Crippen LogP contribution in [0.5, 0.6) is 11.5 Å². The van der Waals surface area contributed by atoms with Gasteiger partial charge in [0.05, 0.1) is 18.2 Å². The summed E-state index contributed by atoms with van der Waals surface area (Å²) in [6.07, 6.45) is -6.14. The van der Waals surface area contributed by atoms with E-state index in [0.29, 0.717) is 12.4 Å². The van der Waals surface area contributed by atoms with Crippen LogP contribution in [0.1, 0.15) is 30.6 Å². The zero-order chi connectivity index (χ0) is 15.3. The van der Waals surface area contributed by atoms with Crippen LogP contribution in [0.25, 0.3) is 0 Å². The first-order valence-electron chi connectivity index (χ1n) is 5.97. The lowest BCUT2D eigenvalue weighted by Gasteiger charge is -2.14. The third-order valence-corrected chi connectivity index (χ3v) is 2.61. The molecule has 0 aromatic heterocycles. The van der Waals surface area contributed by atoms with Crippen molar-refractivity contribution < 1.29 is 27.4 Å². The minimum Gasteiger partial charge on any atom is -0.490 e. The number of halogens is 4. The molecule has 0 aliphatic carbocycles. The summed E-state index contributed by atoms with van der Waals surface area (Å²) in [4.78, 5) is 11.6. The zero-order valence-corrected chi connectivity index (χ0v) is 11.8. The van der Waals surface area contributed by atoms with E-state index in [1.807, 2.05) is 0 Å². The second-order valence-corrected chi connectivity index (χ2v) is 4.27. The highest BCUT2D eigenvalue weighted by atomic mass is 35.5. The van der Waals surface area contributed by atoms with E-state index in [1.54, 1.807) is 13.8 Å². The maximum Gasteiger partial charge on any atom is 0.396 e. The van der Waals surface area contributed by atoms with Crippen molar-refractivity contribution in [3.63, 3.8) is 0 Å². The lowest BCUT2D eigenvalue weighted by molar-refractivity contribution is -0.125. The number of ketones is 1. The van der Waals surface area contributed by atoms with Crippen molar-refractivity contribution >= 4 is 17.4 Å². The minimum atomic E-state index is -4.58. The van der Waals surface area contributed by atoms with Crippen molar-refractivity contribution in [1.29, 1.82) is 0 Å². The normalized spacial score (nSPS) is 11.3. The lowest BCUT2D eigenvalue weighted by Crippen LogP contribution is -2.15. The fourth-order valence-electron chi connectivity index (χ4n) is 1.56. The van der Waals surface area contributed by atoms with E-state index in [4.69, 9.17) is 21.1 Å². The topological polar surface area (TPSA) is 35.5 Å². The Hall–Kier alpha value is -1.43. The van der Waals surface area contributed by atoms with Crippen molar-refractivity contribution in [3.8, 4) is 11.5 Å². The molecule has 0 fully saturated rings. The number of hydrogen-bond acceptors (Lipinski definition) is 3. The molecule has 0 aliphatic heterocycles. The molecule has 7 heteroatoms. The summed E-state index contributed by atoms with van der Waals surface area (Å²) in [6, 6.07) is 2.48. The van der Waals surface area contributed by atoms with Crippen molar-refractivity contribution in [2.75, 3.05) is 13.2 Å². The number of ether oxygens (including phenoxy) is 2. The Kier molecular flexibility index (Phi) is 5.68. The minimum absolute atomic E-state index is 0.0915. The predicted molar refractivity (Wildman–Crippen MR) is 68.8 cm³/mol. The summed E-state index contributed by atoms with van der Waals surface area (Å²) in [5.41, 5.74) is -0.226. The molecule has 0 bridgehead atoms. The van der Waals surface area contributed by atoms with Gasteiger partial charge in [0.2, 0.25) is 0 Å². The maximum atomic E-state index is 12.3. The fraction of sp³-hybridized carbons (Fsp3) is 0.462. The van der Waals surface area contributed by atoms with E-state index in [2.05, 4.69) is 0 Å². The van der Waals surface area contributed by atoms with Gasteiger partial charge in [0.15, 0.2) is 17.3 Å². The van der Waals surface area contributed by atoms with E-state index in [0.717, 1.165) is 0 Å². The van der Waals surface area contributed by atoms with Crippen LogP contribution < -0.4 is 9.47 Å². The Balaban J connectivity index is 3.14. The van der Waals surface area contributed by atoms with E-state index < -0.39 is 18.4 Å². The highest BCUT2D eigenvalue weighted by Crippen LogP contribution is 2.35. The van der Waals surface area contributed by atoms with Gasteiger partial charge in [-0.25, -0.2) is 0 Å². The van der Waals surface area contributed by atoms with Gasteiger partial charge in [0.1, 0.15) is 6.42 Å². The Morgan fingerprint density at radius 1 is 1.15 bits per heavy atom. The van der Waals surface area contributed by atoms with Gasteiger partial charge in [-0.2, -0.15) is 13.2 Å². The van der Waals surface area contributed by atoms with Crippen LogP contribution in [0.15, 0.2) is 12.1 Å². The summed E-state index contributed by atoms with van der Waals surface area (Å²) in [5, 5.41) is -0.0915. The molecule has 112 valence electrons. The first-order valence-corrected chi connectivity index (χ1v) is 6.35. The number of Topliss-reactive ketones (excluding diaryl/α,β-unsaturated/α-hetero) is 1. The van der Waals surface area contributed by atoms with Crippen molar-refractivity contribution in [3.05, 3.63) is 22.7 Å². The van der Waals surface area contributed by atoms with Crippen molar-refractivity contribution in [2.24, 2.45) is 0 Å². The number of carbonyl (C=O) groups is 1. The first kappa shape index (κ1) is 16.6. The average molecular weight is 311 g/mol. The van der Waals surface area contributed by atoms with Crippen LogP contribution in [0.4, 0.5) is 13.2 Å².